The molecule has 0 spiro atoms. The molecule has 21 heavy (non-hydrogen) atoms. The molecule has 2 heterocycles. The highest BCUT2D eigenvalue weighted by molar-refractivity contribution is 6.38. The lowest BCUT2D eigenvalue weighted by molar-refractivity contribution is -0.114. The monoisotopic (exact) mass is 289 g/mol. The molecule has 0 aliphatic carbocycles. The van der Waals surface area contributed by atoms with Crippen LogP contribution in [-0.2, 0) is 4.79 Å². The van der Waals surface area contributed by atoms with E-state index in [1.165, 1.54) is 19.2 Å². The molecular formula is C15H23N5O. The molecule has 6 nitrogen and oxygen atoms in total. The van der Waals surface area contributed by atoms with Crippen molar-refractivity contribution in [3.05, 3.63) is 17.7 Å². The number of nitrogens with zero attached hydrogens (tertiary/aromatic N) is 4. The summed E-state index contributed by atoms with van der Waals surface area (Å²) in [4.78, 5) is 27.0. The number of rotatable bonds is 5. The van der Waals surface area contributed by atoms with Gasteiger partial charge in [0.05, 0.1) is 11.4 Å². The SMILES string of the molecule is CC(=Nc1c(C)ncnc1C)C(=O)NCCN1CCCC1. The summed E-state index contributed by atoms with van der Waals surface area (Å²) in [6.07, 6.45) is 4.04. The van der Waals surface area contributed by atoms with Gasteiger partial charge in [-0.2, -0.15) is 0 Å². The predicted octanol–water partition coefficient (Wildman–Crippen LogP) is 1.40. The van der Waals surface area contributed by atoms with Crippen LogP contribution in [0.5, 0.6) is 0 Å². The molecule has 1 fully saturated rings. The van der Waals surface area contributed by atoms with Crippen LogP contribution in [0.2, 0.25) is 0 Å². The average molecular weight is 289 g/mol. The minimum absolute atomic E-state index is 0.128. The Kier molecular flexibility index (Phi) is 5.38. The van der Waals surface area contributed by atoms with Gasteiger partial charge < -0.3 is 10.2 Å². The van der Waals surface area contributed by atoms with E-state index in [1.807, 2.05) is 13.8 Å². The number of hydrogen-bond acceptors (Lipinski definition) is 5. The van der Waals surface area contributed by atoms with Crippen molar-refractivity contribution in [2.24, 2.45) is 4.99 Å². The molecule has 1 aromatic heterocycles. The number of aromatic nitrogens is 2. The number of aryl methyl sites for hydroxylation is 2. The van der Waals surface area contributed by atoms with Crippen LogP contribution in [0.15, 0.2) is 11.3 Å². The topological polar surface area (TPSA) is 70.5 Å². The lowest BCUT2D eigenvalue weighted by Crippen LogP contribution is -2.36. The van der Waals surface area contributed by atoms with Crippen molar-refractivity contribution >= 4 is 17.3 Å². The molecule has 0 radical (unpaired) electrons. The highest BCUT2D eigenvalue weighted by Gasteiger charge is 2.12. The third-order valence-electron chi connectivity index (χ3n) is 3.71. The van der Waals surface area contributed by atoms with Gasteiger partial charge >= 0.3 is 0 Å². The highest BCUT2D eigenvalue weighted by atomic mass is 16.1. The van der Waals surface area contributed by atoms with Crippen molar-refractivity contribution in [3.8, 4) is 0 Å². The summed E-state index contributed by atoms with van der Waals surface area (Å²) in [5.41, 5.74) is 2.69. The zero-order chi connectivity index (χ0) is 15.2. The summed E-state index contributed by atoms with van der Waals surface area (Å²) in [6, 6.07) is 0. The second-order valence-corrected chi connectivity index (χ2v) is 5.39. The Balaban J connectivity index is 1.90. The van der Waals surface area contributed by atoms with Gasteiger partial charge in [0.2, 0.25) is 0 Å². The molecule has 1 aliphatic heterocycles. The third-order valence-corrected chi connectivity index (χ3v) is 3.71. The molecule has 1 saturated heterocycles. The van der Waals surface area contributed by atoms with E-state index in [9.17, 15) is 4.79 Å². The van der Waals surface area contributed by atoms with Crippen molar-refractivity contribution < 1.29 is 4.79 Å². The number of carbonyl (C=O) groups excluding carboxylic acids is 1. The van der Waals surface area contributed by atoms with E-state index in [-0.39, 0.29) is 5.91 Å². The number of likely N-dealkylation sites (tertiary alicyclic amines) is 1. The second kappa shape index (κ2) is 7.26. The van der Waals surface area contributed by atoms with E-state index in [4.69, 9.17) is 0 Å². The fourth-order valence-corrected chi connectivity index (χ4v) is 2.43. The summed E-state index contributed by atoms with van der Waals surface area (Å²) in [5, 5.41) is 2.92. The van der Waals surface area contributed by atoms with E-state index in [1.54, 1.807) is 6.92 Å². The van der Waals surface area contributed by atoms with Gasteiger partial charge in [0, 0.05) is 13.1 Å². The first-order valence-electron chi connectivity index (χ1n) is 7.42. The van der Waals surface area contributed by atoms with Crippen LogP contribution in [-0.4, -0.2) is 52.7 Å². The zero-order valence-electron chi connectivity index (χ0n) is 13.0. The predicted molar refractivity (Wildman–Crippen MR) is 83.0 cm³/mol. The Morgan fingerprint density at radius 1 is 1.29 bits per heavy atom. The summed E-state index contributed by atoms with van der Waals surface area (Å²) >= 11 is 0. The molecule has 0 aromatic carbocycles. The van der Waals surface area contributed by atoms with Crippen LogP contribution in [0.3, 0.4) is 0 Å². The Bertz CT molecular complexity index is 515. The van der Waals surface area contributed by atoms with Crippen LogP contribution in [0, 0.1) is 13.8 Å². The lowest BCUT2D eigenvalue weighted by atomic mass is 10.3. The molecule has 1 N–H and O–H groups in total. The summed E-state index contributed by atoms with van der Waals surface area (Å²) in [6.45, 7) is 9.31. The molecule has 0 unspecified atom stereocenters. The Morgan fingerprint density at radius 2 is 1.90 bits per heavy atom. The molecule has 114 valence electrons. The highest BCUT2D eigenvalue weighted by Crippen LogP contribution is 2.19. The summed E-state index contributed by atoms with van der Waals surface area (Å²) in [7, 11) is 0. The first-order chi connectivity index (χ1) is 10.1. The third kappa shape index (κ3) is 4.32. The maximum Gasteiger partial charge on any atom is 0.265 e. The van der Waals surface area contributed by atoms with Crippen LogP contribution >= 0.6 is 0 Å². The van der Waals surface area contributed by atoms with Crippen LogP contribution in [0.4, 0.5) is 5.69 Å². The van der Waals surface area contributed by atoms with E-state index < -0.39 is 0 Å². The largest absolute Gasteiger partial charge is 0.350 e. The maximum atomic E-state index is 12.0. The van der Waals surface area contributed by atoms with E-state index >= 15 is 0 Å². The van der Waals surface area contributed by atoms with Gasteiger partial charge in [0.1, 0.15) is 17.7 Å². The summed E-state index contributed by atoms with van der Waals surface area (Å²) in [5.74, 6) is -0.128. The van der Waals surface area contributed by atoms with E-state index in [0.717, 1.165) is 31.0 Å². The quantitative estimate of drug-likeness (QED) is 0.832. The van der Waals surface area contributed by atoms with Crippen molar-refractivity contribution in [3.63, 3.8) is 0 Å². The normalized spacial score (nSPS) is 16.2. The fourth-order valence-electron chi connectivity index (χ4n) is 2.43. The van der Waals surface area contributed by atoms with Crippen molar-refractivity contribution in [1.82, 2.24) is 20.2 Å². The van der Waals surface area contributed by atoms with E-state index in [2.05, 4.69) is 25.2 Å². The number of amides is 1. The number of hydrogen-bond donors (Lipinski definition) is 1. The molecular weight excluding hydrogens is 266 g/mol. The first-order valence-corrected chi connectivity index (χ1v) is 7.42. The smallest absolute Gasteiger partial charge is 0.265 e. The van der Waals surface area contributed by atoms with Crippen LogP contribution < -0.4 is 5.32 Å². The zero-order valence-corrected chi connectivity index (χ0v) is 13.0. The van der Waals surface area contributed by atoms with Gasteiger partial charge in [-0.3, -0.25) is 4.79 Å². The van der Waals surface area contributed by atoms with Crippen molar-refractivity contribution in [1.29, 1.82) is 0 Å². The van der Waals surface area contributed by atoms with Gasteiger partial charge in [-0.1, -0.05) is 0 Å². The Hall–Kier alpha value is -1.82. The molecule has 1 amide bonds. The van der Waals surface area contributed by atoms with Crippen LogP contribution in [0.25, 0.3) is 0 Å². The Labute approximate surface area is 125 Å². The lowest BCUT2D eigenvalue weighted by Gasteiger charge is -2.14. The van der Waals surface area contributed by atoms with Crippen molar-refractivity contribution in [2.45, 2.75) is 33.6 Å². The number of nitrogens with one attached hydrogen (secondary N) is 1. The van der Waals surface area contributed by atoms with Gasteiger partial charge in [-0.05, 0) is 46.7 Å². The molecule has 2 rings (SSSR count). The molecule has 0 atom stereocenters. The summed E-state index contributed by atoms with van der Waals surface area (Å²) < 4.78 is 0. The standard InChI is InChI=1S/C15H23N5O/c1-11-14(12(2)18-10-17-11)19-13(3)15(21)16-6-9-20-7-4-5-8-20/h10H,4-9H2,1-3H3,(H,16,21). The fraction of sp³-hybridized carbons (Fsp3) is 0.600. The minimum atomic E-state index is -0.128. The van der Waals surface area contributed by atoms with Crippen molar-refractivity contribution in [2.75, 3.05) is 26.2 Å². The van der Waals surface area contributed by atoms with Crippen LogP contribution in [0.1, 0.15) is 31.2 Å². The molecule has 1 aromatic rings. The number of carbonyl (C=O) groups is 1. The van der Waals surface area contributed by atoms with Gasteiger partial charge in [0.25, 0.3) is 5.91 Å². The molecule has 0 bridgehead atoms. The minimum Gasteiger partial charge on any atom is -0.350 e. The molecule has 0 saturated carbocycles. The van der Waals surface area contributed by atoms with Gasteiger partial charge in [-0.15, -0.1) is 0 Å². The average Bonchev–Trinajstić information content (AvgIpc) is 2.96. The number of aliphatic imine (C=N–C) groups is 1. The molecule has 6 heteroatoms. The van der Waals surface area contributed by atoms with E-state index in [0.29, 0.717) is 17.9 Å². The first kappa shape index (κ1) is 15.6. The van der Waals surface area contributed by atoms with Gasteiger partial charge in [0.15, 0.2) is 0 Å². The second-order valence-electron chi connectivity index (χ2n) is 5.39. The van der Waals surface area contributed by atoms with Gasteiger partial charge in [-0.25, -0.2) is 15.0 Å². The maximum absolute atomic E-state index is 12.0. The molecule has 1 aliphatic rings. The Morgan fingerprint density at radius 3 is 2.52 bits per heavy atom.